The normalized spacial score (nSPS) is 11.6. The third-order valence-electron chi connectivity index (χ3n) is 4.59. The molecule has 3 aromatic rings. The zero-order chi connectivity index (χ0) is 21.0. The number of fused-ring (bicyclic) bond motifs is 1. The van der Waals surface area contributed by atoms with Gasteiger partial charge in [-0.25, -0.2) is 13.4 Å². The van der Waals surface area contributed by atoms with Crippen LogP contribution in [0, 0.1) is 0 Å². The molecule has 0 aliphatic rings. The zero-order valence-corrected chi connectivity index (χ0v) is 17.4. The van der Waals surface area contributed by atoms with Crippen LogP contribution in [0.5, 0.6) is 5.75 Å². The summed E-state index contributed by atoms with van der Waals surface area (Å²) in [7, 11) is -2.21. The lowest BCUT2D eigenvalue weighted by Crippen LogP contribution is -2.30. The number of pyridine rings is 1. The molecular weight excluding hydrogens is 390 g/mol. The van der Waals surface area contributed by atoms with E-state index in [-0.39, 0.29) is 16.3 Å². The number of methoxy groups -OCH3 is 1. The molecule has 29 heavy (non-hydrogen) atoms. The van der Waals surface area contributed by atoms with Gasteiger partial charge in [-0.05, 0) is 30.3 Å². The third kappa shape index (κ3) is 4.23. The van der Waals surface area contributed by atoms with Gasteiger partial charge in [0, 0.05) is 18.5 Å². The number of benzene rings is 2. The maximum Gasteiger partial charge on any atom is 0.274 e. The number of sulfonamides is 1. The van der Waals surface area contributed by atoms with E-state index >= 15 is 0 Å². The second-order valence-corrected chi connectivity index (χ2v) is 8.23. The standard InChI is InChI=1S/C21H23N3O4S/c1-4-24(5-2)29(26,27)16-11-13-20(28-3)19(14-16)23-21(25)18-12-10-15-8-6-7-9-17(15)22-18/h6-14H,4-5H2,1-3H3,(H,23,25). The van der Waals surface area contributed by atoms with Crippen molar-refractivity contribution >= 4 is 32.5 Å². The number of anilines is 1. The Kier molecular flexibility index (Phi) is 6.14. The number of ether oxygens (including phenoxy) is 1. The molecule has 7 nitrogen and oxygen atoms in total. The van der Waals surface area contributed by atoms with E-state index in [4.69, 9.17) is 4.74 Å². The smallest absolute Gasteiger partial charge is 0.274 e. The van der Waals surface area contributed by atoms with Crippen molar-refractivity contribution in [2.24, 2.45) is 0 Å². The minimum Gasteiger partial charge on any atom is -0.495 e. The first kappa shape index (κ1) is 20.8. The Morgan fingerprint density at radius 2 is 1.79 bits per heavy atom. The molecule has 152 valence electrons. The van der Waals surface area contributed by atoms with E-state index in [1.807, 2.05) is 30.3 Å². The summed E-state index contributed by atoms with van der Waals surface area (Å²) in [5, 5.41) is 3.65. The van der Waals surface area contributed by atoms with Crippen LogP contribution in [0.25, 0.3) is 10.9 Å². The van der Waals surface area contributed by atoms with Gasteiger partial charge in [-0.1, -0.05) is 38.1 Å². The van der Waals surface area contributed by atoms with Crippen molar-refractivity contribution in [3.05, 3.63) is 60.3 Å². The molecule has 0 fully saturated rings. The third-order valence-corrected chi connectivity index (χ3v) is 6.64. The van der Waals surface area contributed by atoms with E-state index in [1.165, 1.54) is 29.6 Å². The minimum absolute atomic E-state index is 0.0868. The molecule has 0 saturated carbocycles. The van der Waals surface area contributed by atoms with Crippen LogP contribution < -0.4 is 10.1 Å². The number of aromatic nitrogens is 1. The van der Waals surface area contributed by atoms with Crippen molar-refractivity contribution in [3.63, 3.8) is 0 Å². The molecule has 0 radical (unpaired) electrons. The topological polar surface area (TPSA) is 88.6 Å². The molecule has 3 rings (SSSR count). The van der Waals surface area contributed by atoms with Crippen molar-refractivity contribution < 1.29 is 17.9 Å². The summed E-state index contributed by atoms with van der Waals surface area (Å²) in [4.78, 5) is 17.2. The number of amides is 1. The molecule has 0 saturated heterocycles. The van der Waals surface area contributed by atoms with Gasteiger partial charge >= 0.3 is 0 Å². The second kappa shape index (κ2) is 8.59. The highest BCUT2D eigenvalue weighted by Crippen LogP contribution is 2.29. The van der Waals surface area contributed by atoms with Crippen molar-refractivity contribution in [1.29, 1.82) is 0 Å². The number of carbonyl (C=O) groups excluding carboxylic acids is 1. The van der Waals surface area contributed by atoms with Crippen molar-refractivity contribution in [1.82, 2.24) is 9.29 Å². The summed E-state index contributed by atoms with van der Waals surface area (Å²) in [6.07, 6.45) is 0. The van der Waals surface area contributed by atoms with Gasteiger partial charge in [0.1, 0.15) is 11.4 Å². The lowest BCUT2D eigenvalue weighted by Gasteiger charge is -2.19. The van der Waals surface area contributed by atoms with Crippen LogP contribution in [-0.2, 0) is 10.0 Å². The largest absolute Gasteiger partial charge is 0.495 e. The molecule has 0 aliphatic heterocycles. The number of nitrogens with zero attached hydrogens (tertiary/aromatic N) is 2. The molecule has 1 aromatic heterocycles. The summed E-state index contributed by atoms with van der Waals surface area (Å²) < 4.78 is 32.3. The molecule has 0 aliphatic carbocycles. The number of hydrogen-bond acceptors (Lipinski definition) is 5. The average Bonchev–Trinajstić information content (AvgIpc) is 2.74. The number of nitrogens with one attached hydrogen (secondary N) is 1. The van der Waals surface area contributed by atoms with Gasteiger partial charge in [0.2, 0.25) is 10.0 Å². The number of rotatable bonds is 7. The van der Waals surface area contributed by atoms with Crippen LogP contribution in [0.1, 0.15) is 24.3 Å². The molecule has 0 atom stereocenters. The van der Waals surface area contributed by atoms with Gasteiger partial charge in [-0.2, -0.15) is 4.31 Å². The molecule has 0 bridgehead atoms. The summed E-state index contributed by atoms with van der Waals surface area (Å²) in [5.41, 5.74) is 1.19. The SMILES string of the molecule is CCN(CC)S(=O)(=O)c1ccc(OC)c(NC(=O)c2ccc3ccccc3n2)c1. The summed E-state index contributed by atoms with van der Waals surface area (Å²) in [5.74, 6) is -0.0934. The highest BCUT2D eigenvalue weighted by Gasteiger charge is 2.23. The van der Waals surface area contributed by atoms with E-state index in [0.717, 1.165) is 5.39 Å². The van der Waals surface area contributed by atoms with Gasteiger partial charge in [0.25, 0.3) is 5.91 Å². The average molecular weight is 413 g/mol. The molecule has 1 amide bonds. The predicted octanol–water partition coefficient (Wildman–Crippen LogP) is 3.53. The Hall–Kier alpha value is -2.97. The quantitative estimate of drug-likeness (QED) is 0.640. The first-order chi connectivity index (χ1) is 13.9. The Bertz CT molecular complexity index is 1140. The van der Waals surface area contributed by atoms with Crippen LogP contribution in [-0.4, -0.2) is 43.8 Å². The Morgan fingerprint density at radius 1 is 1.07 bits per heavy atom. The van der Waals surface area contributed by atoms with Crippen molar-refractivity contribution in [3.8, 4) is 5.75 Å². The van der Waals surface area contributed by atoms with Crippen molar-refractivity contribution in [2.45, 2.75) is 18.7 Å². The summed E-state index contributed by atoms with van der Waals surface area (Å²) in [6.45, 7) is 4.26. The number of hydrogen-bond donors (Lipinski definition) is 1. The lowest BCUT2D eigenvalue weighted by atomic mass is 10.2. The fraction of sp³-hybridized carbons (Fsp3) is 0.238. The lowest BCUT2D eigenvalue weighted by molar-refractivity contribution is 0.102. The van der Waals surface area contributed by atoms with Crippen LogP contribution >= 0.6 is 0 Å². The van der Waals surface area contributed by atoms with E-state index in [9.17, 15) is 13.2 Å². The van der Waals surface area contributed by atoms with Gasteiger partial charge in [0.05, 0.1) is 23.2 Å². The fourth-order valence-corrected chi connectivity index (χ4v) is 4.52. The molecule has 0 unspecified atom stereocenters. The number of carbonyl (C=O) groups is 1. The monoisotopic (exact) mass is 413 g/mol. The summed E-state index contributed by atoms with van der Waals surface area (Å²) >= 11 is 0. The van der Waals surface area contributed by atoms with Gasteiger partial charge in [-0.3, -0.25) is 4.79 Å². The molecule has 1 N–H and O–H groups in total. The molecule has 0 spiro atoms. The Balaban J connectivity index is 1.95. The first-order valence-corrected chi connectivity index (χ1v) is 10.7. The van der Waals surface area contributed by atoms with Crippen LogP contribution in [0.4, 0.5) is 5.69 Å². The molecule has 1 heterocycles. The summed E-state index contributed by atoms with van der Waals surface area (Å²) in [6, 6.07) is 15.3. The van der Waals surface area contributed by atoms with Crippen LogP contribution in [0.2, 0.25) is 0 Å². The molecule has 2 aromatic carbocycles. The second-order valence-electron chi connectivity index (χ2n) is 6.29. The first-order valence-electron chi connectivity index (χ1n) is 9.26. The Labute approximate surface area is 170 Å². The maximum absolute atomic E-state index is 12.8. The van der Waals surface area contributed by atoms with E-state index in [2.05, 4.69) is 10.3 Å². The van der Waals surface area contributed by atoms with E-state index < -0.39 is 15.9 Å². The van der Waals surface area contributed by atoms with Crippen molar-refractivity contribution in [2.75, 3.05) is 25.5 Å². The molecule has 8 heteroatoms. The Morgan fingerprint density at radius 3 is 2.48 bits per heavy atom. The van der Waals surface area contributed by atoms with Gasteiger partial charge < -0.3 is 10.1 Å². The minimum atomic E-state index is -3.67. The zero-order valence-electron chi connectivity index (χ0n) is 16.5. The van der Waals surface area contributed by atoms with Gasteiger partial charge in [0.15, 0.2) is 0 Å². The molecular formula is C21H23N3O4S. The van der Waals surface area contributed by atoms with E-state index in [1.54, 1.807) is 19.9 Å². The fourth-order valence-electron chi connectivity index (χ4n) is 3.04. The highest BCUT2D eigenvalue weighted by atomic mass is 32.2. The predicted molar refractivity (Wildman–Crippen MR) is 113 cm³/mol. The highest BCUT2D eigenvalue weighted by molar-refractivity contribution is 7.89. The number of para-hydroxylation sites is 1. The van der Waals surface area contributed by atoms with Gasteiger partial charge in [-0.15, -0.1) is 0 Å². The van der Waals surface area contributed by atoms with E-state index in [0.29, 0.717) is 24.4 Å². The maximum atomic E-state index is 12.8. The van der Waals surface area contributed by atoms with Crippen LogP contribution in [0.15, 0.2) is 59.5 Å². The van der Waals surface area contributed by atoms with Crippen LogP contribution in [0.3, 0.4) is 0 Å².